The zero-order valence-corrected chi connectivity index (χ0v) is 16.6. The van der Waals surface area contributed by atoms with Crippen molar-refractivity contribution >= 4 is 28.3 Å². The lowest BCUT2D eigenvalue weighted by molar-refractivity contribution is 0.101. The number of aromatic nitrogens is 3. The molecule has 1 aromatic carbocycles. The van der Waals surface area contributed by atoms with E-state index in [1.54, 1.807) is 59.6 Å². The minimum absolute atomic E-state index is 0.207. The molecule has 1 aliphatic heterocycles. The van der Waals surface area contributed by atoms with Crippen LogP contribution >= 0.6 is 0 Å². The number of benzene rings is 1. The Morgan fingerprint density at radius 1 is 1.16 bits per heavy atom. The zero-order valence-electron chi connectivity index (χ0n) is 16.6. The minimum Gasteiger partial charge on any atom is -0.389 e. The number of aliphatic hydroxyl groups is 1. The quantitative estimate of drug-likeness (QED) is 0.522. The number of hydrogen-bond acceptors (Lipinski definition) is 5. The summed E-state index contributed by atoms with van der Waals surface area (Å²) in [6.45, 7) is 1.32. The number of aliphatic hydroxyl groups excluding tert-OH is 1. The highest BCUT2D eigenvalue weighted by atomic mass is 19.1. The van der Waals surface area contributed by atoms with Crippen LogP contribution in [0.3, 0.4) is 0 Å². The number of rotatable bonds is 5. The molecule has 0 spiro atoms. The molecule has 1 fully saturated rings. The Labute approximate surface area is 177 Å². The number of nitrogens with zero attached hydrogens (tertiary/aromatic N) is 4. The molecule has 1 saturated heterocycles. The molecule has 156 valence electrons. The first-order valence-electron chi connectivity index (χ1n) is 9.95. The fourth-order valence-electron chi connectivity index (χ4n) is 3.74. The lowest BCUT2D eigenvalue weighted by atomic mass is 10.2. The summed E-state index contributed by atoms with van der Waals surface area (Å²) in [5.41, 5.74) is 2.19. The second kappa shape index (κ2) is 7.81. The number of fused-ring (bicyclic) bond motifs is 1. The monoisotopic (exact) mass is 417 g/mol. The van der Waals surface area contributed by atoms with Crippen LogP contribution in [0.15, 0.2) is 67.1 Å². The summed E-state index contributed by atoms with van der Waals surface area (Å²) in [4.78, 5) is 23.6. The topological polar surface area (TPSA) is 83.3 Å². The van der Waals surface area contributed by atoms with E-state index in [1.165, 1.54) is 6.07 Å². The highest BCUT2D eigenvalue weighted by Crippen LogP contribution is 2.24. The predicted octanol–water partition coefficient (Wildman–Crippen LogP) is 3.05. The largest absolute Gasteiger partial charge is 0.389 e. The molecule has 2 N–H and O–H groups in total. The zero-order chi connectivity index (χ0) is 21.4. The lowest BCUT2D eigenvalue weighted by Crippen LogP contribution is -2.51. The van der Waals surface area contributed by atoms with Gasteiger partial charge in [0.05, 0.1) is 36.2 Å². The van der Waals surface area contributed by atoms with Crippen LogP contribution in [0.25, 0.3) is 10.9 Å². The van der Waals surface area contributed by atoms with E-state index in [4.69, 9.17) is 0 Å². The van der Waals surface area contributed by atoms with Crippen molar-refractivity contribution in [1.82, 2.24) is 14.5 Å². The van der Waals surface area contributed by atoms with Crippen LogP contribution in [0.2, 0.25) is 0 Å². The van der Waals surface area contributed by atoms with Gasteiger partial charge in [0.2, 0.25) is 0 Å². The molecular weight excluding hydrogens is 397 g/mol. The summed E-state index contributed by atoms with van der Waals surface area (Å²) in [6, 6.07) is 13.7. The third-order valence-electron chi connectivity index (χ3n) is 5.42. The Morgan fingerprint density at radius 3 is 2.74 bits per heavy atom. The molecule has 0 aliphatic carbocycles. The van der Waals surface area contributed by atoms with Gasteiger partial charge in [0.1, 0.15) is 17.3 Å². The number of amides is 1. The van der Waals surface area contributed by atoms with Crippen molar-refractivity contribution in [2.75, 3.05) is 23.3 Å². The summed E-state index contributed by atoms with van der Waals surface area (Å²) in [7, 11) is 0. The Balaban J connectivity index is 1.42. The van der Waals surface area contributed by atoms with Crippen LogP contribution < -0.4 is 10.2 Å². The van der Waals surface area contributed by atoms with E-state index in [0.29, 0.717) is 30.0 Å². The van der Waals surface area contributed by atoms with Gasteiger partial charge in [-0.1, -0.05) is 18.2 Å². The van der Waals surface area contributed by atoms with Gasteiger partial charge in [0, 0.05) is 30.2 Å². The average Bonchev–Trinajstić information content (AvgIpc) is 3.12. The maximum Gasteiger partial charge on any atom is 0.272 e. The van der Waals surface area contributed by atoms with Crippen molar-refractivity contribution in [2.24, 2.45) is 0 Å². The number of carbonyl (C=O) groups is 1. The van der Waals surface area contributed by atoms with E-state index in [9.17, 15) is 14.3 Å². The second-order valence-electron chi connectivity index (χ2n) is 7.56. The fourth-order valence-corrected chi connectivity index (χ4v) is 3.74. The first-order chi connectivity index (χ1) is 15.1. The van der Waals surface area contributed by atoms with Crippen molar-refractivity contribution in [2.45, 2.75) is 12.6 Å². The summed E-state index contributed by atoms with van der Waals surface area (Å²) in [5, 5.41) is 13.1. The molecule has 31 heavy (non-hydrogen) atoms. The smallest absolute Gasteiger partial charge is 0.272 e. The van der Waals surface area contributed by atoms with Crippen LogP contribution in [-0.4, -0.2) is 44.7 Å². The number of nitrogens with one attached hydrogen (secondary N) is 1. The third-order valence-corrected chi connectivity index (χ3v) is 5.42. The summed E-state index contributed by atoms with van der Waals surface area (Å²) in [6.07, 6.45) is 4.60. The van der Waals surface area contributed by atoms with Crippen LogP contribution in [-0.2, 0) is 6.54 Å². The summed E-state index contributed by atoms with van der Waals surface area (Å²) < 4.78 is 16.0. The molecular formula is C23H20FN5O2. The van der Waals surface area contributed by atoms with Gasteiger partial charge in [-0.3, -0.25) is 9.78 Å². The van der Waals surface area contributed by atoms with Gasteiger partial charge in [0.15, 0.2) is 0 Å². The van der Waals surface area contributed by atoms with Gasteiger partial charge in [-0.2, -0.15) is 0 Å². The van der Waals surface area contributed by atoms with Gasteiger partial charge >= 0.3 is 0 Å². The number of β-amino-alcohol motifs (C(OH)–C–C–N with tert-alkyl or cyclic N) is 1. The molecule has 4 aromatic rings. The number of hydrogen-bond donors (Lipinski definition) is 2. The molecule has 4 heterocycles. The SMILES string of the molecule is O=C(Nc1ccc(N2CC(O)C2)nc1)c1cc2ccncc2n1Cc1ccccc1F. The molecule has 5 rings (SSSR count). The van der Waals surface area contributed by atoms with Crippen LogP contribution in [0.1, 0.15) is 16.1 Å². The molecule has 0 bridgehead atoms. The standard InChI is InChI=1S/C23H20FN5O2/c24-19-4-2-1-3-16(19)12-29-20(9-15-7-8-25-11-21(15)29)23(31)27-17-5-6-22(26-10-17)28-13-18(30)14-28/h1-11,18,30H,12-14H2,(H,27,31). The Hall–Kier alpha value is -3.78. The highest BCUT2D eigenvalue weighted by molar-refractivity contribution is 6.06. The van der Waals surface area contributed by atoms with Gasteiger partial charge < -0.3 is 19.9 Å². The molecule has 0 atom stereocenters. The Morgan fingerprint density at radius 2 is 2.00 bits per heavy atom. The van der Waals surface area contributed by atoms with Gasteiger partial charge in [0.25, 0.3) is 5.91 Å². The van der Waals surface area contributed by atoms with E-state index in [2.05, 4.69) is 15.3 Å². The Bertz CT molecular complexity index is 1250. The van der Waals surface area contributed by atoms with Crippen molar-refractivity contribution in [3.05, 3.63) is 84.2 Å². The summed E-state index contributed by atoms with van der Waals surface area (Å²) >= 11 is 0. The van der Waals surface area contributed by atoms with E-state index >= 15 is 0 Å². The molecule has 0 radical (unpaired) electrons. The molecule has 7 nitrogen and oxygen atoms in total. The second-order valence-corrected chi connectivity index (χ2v) is 7.56. The van der Waals surface area contributed by atoms with E-state index in [0.717, 1.165) is 16.7 Å². The normalized spacial score (nSPS) is 13.9. The molecule has 1 aliphatic rings. The minimum atomic E-state index is -0.324. The fraction of sp³-hybridized carbons (Fsp3) is 0.174. The van der Waals surface area contributed by atoms with Crippen LogP contribution in [0.5, 0.6) is 0 Å². The highest BCUT2D eigenvalue weighted by Gasteiger charge is 2.25. The van der Waals surface area contributed by atoms with E-state index in [1.807, 2.05) is 11.0 Å². The van der Waals surface area contributed by atoms with Gasteiger partial charge in [-0.05, 0) is 30.3 Å². The molecule has 0 saturated carbocycles. The molecule has 8 heteroatoms. The van der Waals surface area contributed by atoms with Crippen LogP contribution in [0.4, 0.5) is 15.9 Å². The van der Waals surface area contributed by atoms with Crippen molar-refractivity contribution in [1.29, 1.82) is 0 Å². The van der Waals surface area contributed by atoms with Crippen molar-refractivity contribution < 1.29 is 14.3 Å². The van der Waals surface area contributed by atoms with Crippen molar-refractivity contribution in [3.63, 3.8) is 0 Å². The lowest BCUT2D eigenvalue weighted by Gasteiger charge is -2.36. The van der Waals surface area contributed by atoms with Gasteiger partial charge in [-0.25, -0.2) is 9.37 Å². The van der Waals surface area contributed by atoms with E-state index < -0.39 is 0 Å². The van der Waals surface area contributed by atoms with E-state index in [-0.39, 0.29) is 24.4 Å². The molecule has 0 unspecified atom stereocenters. The summed E-state index contributed by atoms with van der Waals surface area (Å²) in [5.74, 6) is 0.111. The Kier molecular flexibility index (Phi) is 4.83. The maximum absolute atomic E-state index is 14.3. The third kappa shape index (κ3) is 3.73. The molecule has 3 aromatic heterocycles. The first-order valence-corrected chi connectivity index (χ1v) is 9.95. The van der Waals surface area contributed by atoms with Crippen molar-refractivity contribution in [3.8, 4) is 0 Å². The maximum atomic E-state index is 14.3. The number of halogens is 1. The molecule has 1 amide bonds. The van der Waals surface area contributed by atoms with Crippen LogP contribution in [0, 0.1) is 5.82 Å². The number of carbonyl (C=O) groups excluding carboxylic acids is 1. The van der Waals surface area contributed by atoms with Gasteiger partial charge in [-0.15, -0.1) is 0 Å². The number of anilines is 2. The predicted molar refractivity (Wildman–Crippen MR) is 116 cm³/mol. The number of pyridine rings is 2. The average molecular weight is 417 g/mol. The first kappa shape index (κ1) is 19.2.